The standard InChI is InChI=1S/C23H21Cl2F2N3O2/c1-3-19(31)30-9-7-23(12-30,20-17(26)5-4-16(24)21(20)25)28-13-10-15-14(18(27)11-13)6-8-29(2)22(15)32/h3-5,10-11,28H,1,6-9,12H2,2H3. The molecule has 2 aliphatic rings. The predicted octanol–water partition coefficient (Wildman–Crippen LogP) is 4.63. The van der Waals surface area contributed by atoms with E-state index in [9.17, 15) is 14.0 Å². The molecule has 2 aliphatic heterocycles. The molecule has 0 radical (unpaired) electrons. The molecular weight excluding hydrogens is 459 g/mol. The Labute approximate surface area is 194 Å². The number of nitrogens with one attached hydrogen (secondary N) is 1. The van der Waals surface area contributed by atoms with Crippen molar-refractivity contribution < 1.29 is 18.4 Å². The maximum absolute atomic E-state index is 15.1. The van der Waals surface area contributed by atoms with Crippen LogP contribution >= 0.6 is 23.2 Å². The van der Waals surface area contributed by atoms with Crippen molar-refractivity contribution in [1.29, 1.82) is 0 Å². The maximum atomic E-state index is 15.1. The lowest BCUT2D eigenvalue weighted by atomic mass is 9.87. The minimum atomic E-state index is -1.19. The maximum Gasteiger partial charge on any atom is 0.254 e. The lowest BCUT2D eigenvalue weighted by Gasteiger charge is -2.34. The second-order valence-corrected chi connectivity index (χ2v) is 8.89. The first kappa shape index (κ1) is 22.6. The first-order chi connectivity index (χ1) is 15.2. The number of carbonyl (C=O) groups excluding carboxylic acids is 2. The highest BCUT2D eigenvalue weighted by Crippen LogP contribution is 2.43. The zero-order valence-corrected chi connectivity index (χ0v) is 18.9. The van der Waals surface area contributed by atoms with Crippen LogP contribution in [-0.2, 0) is 16.8 Å². The number of nitrogens with zero attached hydrogens (tertiary/aromatic N) is 2. The molecular formula is C23H21Cl2F2N3O2. The van der Waals surface area contributed by atoms with Crippen molar-refractivity contribution in [2.24, 2.45) is 0 Å². The third-order valence-corrected chi connectivity index (χ3v) is 6.94. The molecule has 0 spiro atoms. The molecule has 0 saturated carbocycles. The summed E-state index contributed by atoms with van der Waals surface area (Å²) in [6.07, 6.45) is 1.88. The Balaban J connectivity index is 1.83. The molecule has 1 atom stereocenters. The largest absolute Gasteiger partial charge is 0.373 e. The highest BCUT2D eigenvalue weighted by atomic mass is 35.5. The lowest BCUT2D eigenvalue weighted by molar-refractivity contribution is -0.125. The summed E-state index contributed by atoms with van der Waals surface area (Å²) in [7, 11) is 1.65. The number of hydrogen-bond acceptors (Lipinski definition) is 3. The Hall–Kier alpha value is -2.64. The molecule has 1 unspecified atom stereocenters. The van der Waals surface area contributed by atoms with Gasteiger partial charge in [-0.2, -0.15) is 0 Å². The van der Waals surface area contributed by atoms with Gasteiger partial charge in [0.2, 0.25) is 5.91 Å². The summed E-state index contributed by atoms with van der Waals surface area (Å²) in [5.41, 5.74) is -0.198. The predicted molar refractivity (Wildman–Crippen MR) is 120 cm³/mol. The molecule has 2 amide bonds. The quantitative estimate of drug-likeness (QED) is 0.513. The smallest absolute Gasteiger partial charge is 0.254 e. The van der Waals surface area contributed by atoms with Gasteiger partial charge in [-0.3, -0.25) is 9.59 Å². The average molecular weight is 480 g/mol. The van der Waals surface area contributed by atoms with Gasteiger partial charge in [0, 0.05) is 49.1 Å². The number of rotatable bonds is 4. The SMILES string of the molecule is C=CC(=O)N1CCC(Nc2cc(F)c3c(c2)C(=O)N(C)CC3)(c2c(F)ccc(Cl)c2Cl)C1. The third-order valence-electron chi connectivity index (χ3n) is 6.13. The molecule has 2 aromatic rings. The normalized spacial score (nSPS) is 20.3. The zero-order valence-electron chi connectivity index (χ0n) is 17.4. The molecule has 9 heteroatoms. The highest BCUT2D eigenvalue weighted by Gasteiger charge is 2.45. The molecule has 0 aromatic heterocycles. The van der Waals surface area contributed by atoms with Crippen LogP contribution in [0, 0.1) is 11.6 Å². The number of amides is 2. The van der Waals surface area contributed by atoms with E-state index in [1.54, 1.807) is 13.1 Å². The van der Waals surface area contributed by atoms with Gasteiger partial charge in [0.1, 0.15) is 11.6 Å². The number of fused-ring (bicyclic) bond motifs is 1. The van der Waals surface area contributed by atoms with E-state index in [2.05, 4.69) is 11.9 Å². The minimum absolute atomic E-state index is 0.0151. The number of anilines is 1. The number of likely N-dealkylation sites (tertiary alicyclic amines) is 1. The van der Waals surface area contributed by atoms with Crippen LogP contribution in [0.4, 0.5) is 14.5 Å². The van der Waals surface area contributed by atoms with E-state index in [0.717, 1.165) is 0 Å². The van der Waals surface area contributed by atoms with Crippen molar-refractivity contribution in [2.75, 3.05) is 32.0 Å². The molecule has 2 heterocycles. The molecule has 2 aromatic carbocycles. The van der Waals surface area contributed by atoms with Gasteiger partial charge in [-0.25, -0.2) is 8.78 Å². The van der Waals surface area contributed by atoms with Crippen LogP contribution < -0.4 is 5.32 Å². The molecule has 5 nitrogen and oxygen atoms in total. The minimum Gasteiger partial charge on any atom is -0.373 e. The topological polar surface area (TPSA) is 52.7 Å². The molecule has 0 aliphatic carbocycles. The summed E-state index contributed by atoms with van der Waals surface area (Å²) >= 11 is 12.6. The fraction of sp³-hybridized carbons (Fsp3) is 0.304. The van der Waals surface area contributed by atoms with Crippen LogP contribution in [0.15, 0.2) is 36.9 Å². The van der Waals surface area contributed by atoms with Crippen LogP contribution in [0.3, 0.4) is 0 Å². The van der Waals surface area contributed by atoms with Crippen molar-refractivity contribution in [3.63, 3.8) is 0 Å². The van der Waals surface area contributed by atoms with E-state index in [-0.39, 0.29) is 51.6 Å². The van der Waals surface area contributed by atoms with Crippen LogP contribution in [0.2, 0.25) is 10.0 Å². The number of carbonyl (C=O) groups is 2. The van der Waals surface area contributed by atoms with E-state index < -0.39 is 17.2 Å². The van der Waals surface area contributed by atoms with Gasteiger partial charge >= 0.3 is 0 Å². The molecule has 1 N–H and O–H groups in total. The van der Waals surface area contributed by atoms with E-state index in [1.165, 1.54) is 34.1 Å². The fourth-order valence-corrected chi connectivity index (χ4v) is 4.97. The Kier molecular flexibility index (Phi) is 5.90. The molecule has 168 valence electrons. The molecule has 0 bridgehead atoms. The molecule has 4 rings (SSSR count). The molecule has 32 heavy (non-hydrogen) atoms. The van der Waals surface area contributed by atoms with Gasteiger partial charge in [0.15, 0.2) is 0 Å². The Morgan fingerprint density at radius 1 is 1.22 bits per heavy atom. The summed E-state index contributed by atoms with van der Waals surface area (Å²) < 4.78 is 30.0. The summed E-state index contributed by atoms with van der Waals surface area (Å²) in [5.74, 6) is -1.73. The lowest BCUT2D eigenvalue weighted by Crippen LogP contribution is -2.41. The summed E-state index contributed by atoms with van der Waals surface area (Å²) in [4.78, 5) is 27.9. The summed E-state index contributed by atoms with van der Waals surface area (Å²) in [6.45, 7) is 4.30. The average Bonchev–Trinajstić information content (AvgIpc) is 3.18. The Bertz CT molecular complexity index is 1140. The van der Waals surface area contributed by atoms with Gasteiger partial charge in [0.05, 0.1) is 15.6 Å². The highest BCUT2D eigenvalue weighted by molar-refractivity contribution is 6.42. The van der Waals surface area contributed by atoms with Gasteiger partial charge in [0.25, 0.3) is 5.91 Å². The van der Waals surface area contributed by atoms with Gasteiger partial charge in [-0.15, -0.1) is 0 Å². The van der Waals surface area contributed by atoms with Crippen LogP contribution in [0.5, 0.6) is 0 Å². The summed E-state index contributed by atoms with van der Waals surface area (Å²) in [6, 6.07) is 5.40. The second-order valence-electron chi connectivity index (χ2n) is 8.10. The van der Waals surface area contributed by atoms with Crippen LogP contribution in [0.1, 0.15) is 27.9 Å². The summed E-state index contributed by atoms with van der Waals surface area (Å²) in [5, 5.41) is 3.37. The monoisotopic (exact) mass is 479 g/mol. The van der Waals surface area contributed by atoms with Crippen molar-refractivity contribution in [2.45, 2.75) is 18.4 Å². The van der Waals surface area contributed by atoms with Crippen molar-refractivity contribution in [1.82, 2.24) is 9.80 Å². The Morgan fingerprint density at radius 2 is 1.97 bits per heavy atom. The van der Waals surface area contributed by atoms with E-state index in [4.69, 9.17) is 23.2 Å². The fourth-order valence-electron chi connectivity index (χ4n) is 4.48. The van der Waals surface area contributed by atoms with Gasteiger partial charge in [-0.05, 0) is 43.2 Å². The van der Waals surface area contributed by atoms with Crippen LogP contribution in [0.25, 0.3) is 0 Å². The van der Waals surface area contributed by atoms with Crippen LogP contribution in [-0.4, -0.2) is 48.3 Å². The molecule has 1 fully saturated rings. The van der Waals surface area contributed by atoms with E-state index in [1.807, 2.05) is 0 Å². The Morgan fingerprint density at radius 3 is 2.69 bits per heavy atom. The van der Waals surface area contributed by atoms with E-state index >= 15 is 4.39 Å². The third kappa shape index (κ3) is 3.73. The van der Waals surface area contributed by atoms with Crippen molar-refractivity contribution in [3.05, 3.63) is 75.3 Å². The van der Waals surface area contributed by atoms with Crippen molar-refractivity contribution >= 4 is 40.7 Å². The van der Waals surface area contributed by atoms with E-state index in [0.29, 0.717) is 25.1 Å². The number of halogens is 4. The van der Waals surface area contributed by atoms with Gasteiger partial charge in [-0.1, -0.05) is 29.8 Å². The number of likely N-dealkylation sites (N-methyl/N-ethyl adjacent to an activating group) is 1. The first-order valence-electron chi connectivity index (χ1n) is 10.1. The van der Waals surface area contributed by atoms with Gasteiger partial charge < -0.3 is 15.1 Å². The number of benzene rings is 2. The molecule has 1 saturated heterocycles. The first-order valence-corrected chi connectivity index (χ1v) is 10.8. The van der Waals surface area contributed by atoms with Crippen molar-refractivity contribution in [3.8, 4) is 0 Å². The zero-order chi connectivity index (χ0) is 23.2. The second kappa shape index (κ2) is 8.37. The number of hydrogen-bond donors (Lipinski definition) is 1.